The van der Waals surface area contributed by atoms with E-state index in [1.54, 1.807) is 4.52 Å². The zero-order valence-electron chi connectivity index (χ0n) is 11.9. The lowest BCUT2D eigenvalue weighted by atomic mass is 10.0. The van der Waals surface area contributed by atoms with E-state index in [9.17, 15) is 0 Å². The Kier molecular flexibility index (Phi) is 4.71. The Morgan fingerprint density at radius 2 is 1.95 bits per heavy atom. The van der Waals surface area contributed by atoms with Gasteiger partial charge in [0.15, 0.2) is 0 Å². The van der Waals surface area contributed by atoms with Crippen molar-refractivity contribution in [3.63, 3.8) is 0 Å². The number of hydrogen-bond acceptors (Lipinski definition) is 4. The lowest BCUT2D eigenvalue weighted by Crippen LogP contribution is -2.10. The smallest absolute Gasteiger partial charge is 0.254 e. The zero-order chi connectivity index (χ0) is 13.7. The molecule has 104 valence electrons. The van der Waals surface area contributed by atoms with Crippen LogP contribution in [0.15, 0.2) is 6.33 Å². The van der Waals surface area contributed by atoms with Crippen LogP contribution < -0.4 is 5.73 Å². The van der Waals surface area contributed by atoms with Crippen molar-refractivity contribution in [3.8, 4) is 0 Å². The first-order chi connectivity index (χ1) is 9.27. The number of anilines is 1. The van der Waals surface area contributed by atoms with Gasteiger partial charge in [-0.15, -0.1) is 0 Å². The van der Waals surface area contributed by atoms with Gasteiger partial charge in [0.05, 0.1) is 5.69 Å². The summed E-state index contributed by atoms with van der Waals surface area (Å²) in [5.41, 5.74) is 8.49. The molecule has 0 amide bonds. The molecule has 0 bridgehead atoms. The molecule has 19 heavy (non-hydrogen) atoms. The Hall–Kier alpha value is -1.65. The van der Waals surface area contributed by atoms with Gasteiger partial charge in [-0.1, -0.05) is 39.5 Å². The lowest BCUT2D eigenvalue weighted by Gasteiger charge is -2.12. The van der Waals surface area contributed by atoms with Crippen LogP contribution in [-0.2, 0) is 12.8 Å². The molecule has 0 atom stereocenters. The summed E-state index contributed by atoms with van der Waals surface area (Å²) in [4.78, 5) is 8.73. The Morgan fingerprint density at radius 1 is 1.11 bits per heavy atom. The number of hydrogen-bond donors (Lipinski definition) is 1. The minimum absolute atomic E-state index is 0.609. The van der Waals surface area contributed by atoms with Crippen molar-refractivity contribution < 1.29 is 0 Å². The number of aromatic nitrogens is 4. The predicted octanol–water partition coefficient (Wildman–Crippen LogP) is 2.78. The third kappa shape index (κ3) is 3.03. The van der Waals surface area contributed by atoms with Crippen molar-refractivity contribution in [2.75, 3.05) is 5.73 Å². The van der Waals surface area contributed by atoms with Gasteiger partial charge in [-0.2, -0.15) is 14.6 Å². The summed E-state index contributed by atoms with van der Waals surface area (Å²) in [7, 11) is 0. The number of unbranched alkanes of at least 4 members (excludes halogenated alkanes) is 3. The molecule has 0 aliphatic heterocycles. The number of nitrogens with zero attached hydrogens (tertiary/aromatic N) is 4. The van der Waals surface area contributed by atoms with Crippen LogP contribution in [0.3, 0.4) is 0 Å². The van der Waals surface area contributed by atoms with Crippen LogP contribution >= 0.6 is 0 Å². The van der Waals surface area contributed by atoms with E-state index < -0.39 is 0 Å². The fourth-order valence-electron chi connectivity index (χ4n) is 2.39. The zero-order valence-corrected chi connectivity index (χ0v) is 11.9. The molecule has 2 rings (SSSR count). The van der Waals surface area contributed by atoms with E-state index in [2.05, 4.69) is 28.9 Å². The molecule has 0 aliphatic rings. The fourth-order valence-corrected chi connectivity index (χ4v) is 2.39. The van der Waals surface area contributed by atoms with Crippen molar-refractivity contribution in [1.29, 1.82) is 0 Å². The van der Waals surface area contributed by atoms with Crippen LogP contribution in [0, 0.1) is 0 Å². The summed E-state index contributed by atoms with van der Waals surface area (Å²) < 4.78 is 1.65. The minimum Gasteiger partial charge on any atom is -0.383 e. The molecule has 0 spiro atoms. The van der Waals surface area contributed by atoms with E-state index in [0.717, 1.165) is 36.9 Å². The van der Waals surface area contributed by atoms with Crippen molar-refractivity contribution in [2.24, 2.45) is 0 Å². The summed E-state index contributed by atoms with van der Waals surface area (Å²) in [6.07, 6.45) is 9.46. The molecule has 0 unspecified atom stereocenters. The first-order valence-corrected chi connectivity index (χ1v) is 7.24. The highest BCUT2D eigenvalue weighted by atomic mass is 15.3. The van der Waals surface area contributed by atoms with Crippen LogP contribution in [0.5, 0.6) is 0 Å². The average Bonchev–Trinajstić information content (AvgIpc) is 2.86. The summed E-state index contributed by atoms with van der Waals surface area (Å²) in [5, 5.41) is 4.14. The first kappa shape index (κ1) is 13.8. The molecule has 0 aliphatic carbocycles. The van der Waals surface area contributed by atoms with Crippen molar-refractivity contribution in [2.45, 2.75) is 58.8 Å². The van der Waals surface area contributed by atoms with Gasteiger partial charge in [0.25, 0.3) is 5.78 Å². The highest BCUT2D eigenvalue weighted by Gasteiger charge is 2.13. The molecule has 2 aromatic heterocycles. The highest BCUT2D eigenvalue weighted by molar-refractivity contribution is 5.49. The molecule has 5 nitrogen and oxygen atoms in total. The van der Waals surface area contributed by atoms with E-state index >= 15 is 0 Å². The van der Waals surface area contributed by atoms with Crippen LogP contribution in [-0.4, -0.2) is 19.6 Å². The van der Waals surface area contributed by atoms with Gasteiger partial charge in [0.1, 0.15) is 12.1 Å². The number of aryl methyl sites for hydroxylation is 1. The van der Waals surface area contributed by atoms with E-state index in [-0.39, 0.29) is 0 Å². The van der Waals surface area contributed by atoms with Crippen LogP contribution in [0.1, 0.15) is 57.2 Å². The molecule has 0 saturated carbocycles. The topological polar surface area (TPSA) is 69.1 Å². The summed E-state index contributed by atoms with van der Waals surface area (Å²) >= 11 is 0. The maximum atomic E-state index is 6.23. The molecule has 5 heteroatoms. The van der Waals surface area contributed by atoms with Gasteiger partial charge >= 0.3 is 0 Å². The summed E-state index contributed by atoms with van der Waals surface area (Å²) in [5.74, 6) is 1.32. The third-order valence-corrected chi connectivity index (χ3v) is 3.42. The average molecular weight is 261 g/mol. The van der Waals surface area contributed by atoms with Gasteiger partial charge in [0.2, 0.25) is 0 Å². The number of nitrogens with two attached hydrogens (primary N) is 1. The van der Waals surface area contributed by atoms with E-state index in [0.29, 0.717) is 11.6 Å². The van der Waals surface area contributed by atoms with Gasteiger partial charge in [-0.3, -0.25) is 0 Å². The van der Waals surface area contributed by atoms with Gasteiger partial charge in [0, 0.05) is 5.56 Å². The number of nitrogen functional groups attached to an aromatic ring is 1. The third-order valence-electron chi connectivity index (χ3n) is 3.42. The molecule has 2 aromatic rings. The molecule has 0 saturated heterocycles. The van der Waals surface area contributed by atoms with Crippen molar-refractivity contribution >= 4 is 11.6 Å². The quantitative estimate of drug-likeness (QED) is 0.778. The highest BCUT2D eigenvalue weighted by Crippen LogP contribution is 2.20. The lowest BCUT2D eigenvalue weighted by molar-refractivity contribution is 0.660. The minimum atomic E-state index is 0.609. The summed E-state index contributed by atoms with van der Waals surface area (Å²) in [6, 6.07) is 0. The first-order valence-electron chi connectivity index (χ1n) is 7.24. The second-order valence-corrected chi connectivity index (χ2v) is 4.95. The van der Waals surface area contributed by atoms with Crippen molar-refractivity contribution in [1.82, 2.24) is 19.6 Å². The molecular formula is C14H23N5. The predicted molar refractivity (Wildman–Crippen MR) is 77.0 cm³/mol. The normalized spacial score (nSPS) is 11.3. The monoisotopic (exact) mass is 261 g/mol. The molecule has 2 heterocycles. The van der Waals surface area contributed by atoms with Crippen LogP contribution in [0.4, 0.5) is 5.82 Å². The second kappa shape index (κ2) is 6.50. The van der Waals surface area contributed by atoms with Crippen LogP contribution in [0.25, 0.3) is 5.78 Å². The largest absolute Gasteiger partial charge is 0.383 e. The molecule has 0 fully saturated rings. The molecular weight excluding hydrogens is 238 g/mol. The fraction of sp³-hybridized carbons (Fsp3) is 0.643. The molecule has 0 aromatic carbocycles. The van der Waals surface area contributed by atoms with Gasteiger partial charge < -0.3 is 5.73 Å². The SMILES string of the molecule is CCCCCCc1c(CCC)nc2ncnn2c1N. The Morgan fingerprint density at radius 3 is 2.68 bits per heavy atom. The molecule has 2 N–H and O–H groups in total. The van der Waals surface area contributed by atoms with Crippen molar-refractivity contribution in [3.05, 3.63) is 17.6 Å². The van der Waals surface area contributed by atoms with E-state index in [4.69, 9.17) is 5.73 Å². The summed E-state index contributed by atoms with van der Waals surface area (Å²) in [6.45, 7) is 4.38. The second-order valence-electron chi connectivity index (χ2n) is 4.95. The maximum Gasteiger partial charge on any atom is 0.254 e. The van der Waals surface area contributed by atoms with E-state index in [1.807, 2.05) is 0 Å². The Labute approximate surface area is 114 Å². The van der Waals surface area contributed by atoms with Gasteiger partial charge in [-0.05, 0) is 19.3 Å². The number of fused-ring (bicyclic) bond motifs is 1. The van der Waals surface area contributed by atoms with E-state index in [1.165, 1.54) is 25.6 Å². The Balaban J connectivity index is 2.26. The molecule has 0 radical (unpaired) electrons. The van der Waals surface area contributed by atoms with Gasteiger partial charge in [-0.25, -0.2) is 4.98 Å². The van der Waals surface area contributed by atoms with Crippen LogP contribution in [0.2, 0.25) is 0 Å². The Bertz CT molecular complexity index is 532. The number of rotatable bonds is 7. The standard InChI is InChI=1S/C14H23N5/c1-3-5-6-7-9-11-12(8-4-2)18-14-16-10-17-19(14)13(11)15/h10H,3-9,15H2,1-2H3. The maximum absolute atomic E-state index is 6.23.